The molecule has 1 aliphatic carbocycles. The highest BCUT2D eigenvalue weighted by molar-refractivity contribution is 5.85. The molecule has 0 unspecified atom stereocenters. The molecule has 0 aromatic carbocycles. The minimum absolute atomic E-state index is 0. The van der Waals surface area contributed by atoms with E-state index in [1.807, 2.05) is 16.9 Å². The quantitative estimate of drug-likeness (QED) is 0.888. The highest BCUT2D eigenvalue weighted by Crippen LogP contribution is 2.36. The van der Waals surface area contributed by atoms with Crippen LogP contribution in [0.25, 0.3) is 0 Å². The fourth-order valence-electron chi connectivity index (χ4n) is 3.79. The zero-order chi connectivity index (χ0) is 15.6. The van der Waals surface area contributed by atoms with Gasteiger partial charge in [0, 0.05) is 18.4 Å². The fourth-order valence-corrected chi connectivity index (χ4v) is 3.79. The van der Waals surface area contributed by atoms with Gasteiger partial charge in [0.2, 0.25) is 5.91 Å². The van der Waals surface area contributed by atoms with E-state index in [2.05, 4.69) is 29.6 Å². The van der Waals surface area contributed by atoms with Gasteiger partial charge >= 0.3 is 0 Å². The van der Waals surface area contributed by atoms with Crippen LogP contribution in [0.1, 0.15) is 52.4 Å². The van der Waals surface area contributed by atoms with Crippen molar-refractivity contribution < 1.29 is 4.79 Å². The summed E-state index contributed by atoms with van der Waals surface area (Å²) in [7, 11) is 0. The normalized spacial score (nSPS) is 23.7. The van der Waals surface area contributed by atoms with Gasteiger partial charge in [0.1, 0.15) is 5.54 Å². The highest BCUT2D eigenvalue weighted by atomic mass is 35.5. The Labute approximate surface area is 145 Å². The molecule has 2 N–H and O–H groups in total. The van der Waals surface area contributed by atoms with E-state index >= 15 is 0 Å². The first-order valence-electron chi connectivity index (χ1n) is 8.54. The van der Waals surface area contributed by atoms with Crippen LogP contribution in [0.2, 0.25) is 0 Å². The average Bonchev–Trinajstić information content (AvgIpc) is 3.05. The second-order valence-corrected chi connectivity index (χ2v) is 7.64. The van der Waals surface area contributed by atoms with Crippen molar-refractivity contribution in [2.75, 3.05) is 13.1 Å². The molecule has 1 aromatic rings. The van der Waals surface area contributed by atoms with Crippen LogP contribution >= 0.6 is 12.4 Å². The average molecular weight is 341 g/mol. The Morgan fingerprint density at radius 2 is 1.87 bits per heavy atom. The first-order valence-corrected chi connectivity index (χ1v) is 8.54. The Kier molecular flexibility index (Phi) is 5.74. The molecule has 1 aromatic heterocycles. The Hall–Kier alpha value is -1.07. The number of aromatic nitrogens is 2. The number of hydrogen-bond donors (Lipinski definition) is 2. The predicted octanol–water partition coefficient (Wildman–Crippen LogP) is 2.47. The summed E-state index contributed by atoms with van der Waals surface area (Å²) in [5, 5.41) is 11.1. The molecular weight excluding hydrogens is 312 g/mol. The summed E-state index contributed by atoms with van der Waals surface area (Å²) < 4.78 is 1.87. The molecule has 6 heteroatoms. The second-order valence-electron chi connectivity index (χ2n) is 7.64. The Morgan fingerprint density at radius 3 is 2.43 bits per heavy atom. The van der Waals surface area contributed by atoms with Gasteiger partial charge in [-0.3, -0.25) is 9.48 Å². The van der Waals surface area contributed by atoms with Crippen LogP contribution in [-0.4, -0.2) is 34.8 Å². The Bertz CT molecular complexity index is 499. The maximum atomic E-state index is 13.0. The molecule has 3 rings (SSSR count). The van der Waals surface area contributed by atoms with Gasteiger partial charge in [0.15, 0.2) is 0 Å². The molecule has 130 valence electrons. The van der Waals surface area contributed by atoms with E-state index in [1.165, 1.54) is 12.8 Å². The molecular formula is C17H29ClN4O. The lowest BCUT2D eigenvalue weighted by molar-refractivity contribution is -0.133. The maximum Gasteiger partial charge on any atom is 0.248 e. The number of carbonyl (C=O) groups is 1. The molecule has 0 radical (unpaired) electrons. The summed E-state index contributed by atoms with van der Waals surface area (Å²) in [5.41, 5.74) is -0.0859. The van der Waals surface area contributed by atoms with Crippen LogP contribution in [0.4, 0.5) is 0 Å². The summed E-state index contributed by atoms with van der Waals surface area (Å²) >= 11 is 0. The number of nitrogens with one attached hydrogen (secondary N) is 2. The molecule has 0 bridgehead atoms. The van der Waals surface area contributed by atoms with Crippen LogP contribution in [0.3, 0.4) is 0 Å². The van der Waals surface area contributed by atoms with Gasteiger partial charge in [-0.15, -0.1) is 12.4 Å². The molecule has 2 aliphatic rings. The van der Waals surface area contributed by atoms with E-state index in [-0.39, 0.29) is 18.3 Å². The molecule has 2 heterocycles. The van der Waals surface area contributed by atoms with Gasteiger partial charge in [-0.05, 0) is 63.1 Å². The van der Waals surface area contributed by atoms with E-state index in [4.69, 9.17) is 0 Å². The molecule has 0 atom stereocenters. The fraction of sp³-hybridized carbons (Fsp3) is 0.765. The third-order valence-corrected chi connectivity index (χ3v) is 5.47. The minimum Gasteiger partial charge on any atom is -0.351 e. The zero-order valence-corrected chi connectivity index (χ0v) is 15.0. The van der Waals surface area contributed by atoms with Crippen molar-refractivity contribution in [3.8, 4) is 0 Å². The largest absolute Gasteiger partial charge is 0.351 e. The second kappa shape index (κ2) is 7.22. The van der Waals surface area contributed by atoms with E-state index in [9.17, 15) is 4.79 Å². The molecule has 1 amide bonds. The van der Waals surface area contributed by atoms with E-state index in [0.29, 0.717) is 11.5 Å². The topological polar surface area (TPSA) is 59.0 Å². The van der Waals surface area contributed by atoms with E-state index in [1.54, 1.807) is 6.20 Å². The summed E-state index contributed by atoms with van der Waals surface area (Å²) in [6.45, 7) is 6.38. The Balaban J connectivity index is 0.00000192. The van der Waals surface area contributed by atoms with Crippen molar-refractivity contribution in [3.63, 3.8) is 0 Å². The lowest BCUT2D eigenvalue weighted by Gasteiger charge is -2.40. The van der Waals surface area contributed by atoms with Crippen molar-refractivity contribution in [3.05, 3.63) is 18.5 Å². The van der Waals surface area contributed by atoms with Gasteiger partial charge in [-0.1, -0.05) is 13.8 Å². The van der Waals surface area contributed by atoms with Gasteiger partial charge < -0.3 is 10.6 Å². The first-order chi connectivity index (χ1) is 10.5. The van der Waals surface area contributed by atoms with Crippen LogP contribution < -0.4 is 10.6 Å². The molecule has 0 spiro atoms. The summed E-state index contributed by atoms with van der Waals surface area (Å²) in [4.78, 5) is 13.0. The number of nitrogens with zero attached hydrogens (tertiary/aromatic N) is 2. The lowest BCUT2D eigenvalue weighted by atomic mass is 9.75. The van der Waals surface area contributed by atoms with Gasteiger partial charge in [0.05, 0.1) is 0 Å². The van der Waals surface area contributed by atoms with Crippen molar-refractivity contribution >= 4 is 18.3 Å². The highest BCUT2D eigenvalue weighted by Gasteiger charge is 2.43. The summed E-state index contributed by atoms with van der Waals surface area (Å²) in [6.07, 6.45) is 9.85. The SMILES string of the molecule is CC1(C)CCC(NC(=O)C2(n3cccn3)CCNCC2)CC1.Cl. The zero-order valence-electron chi connectivity index (χ0n) is 14.2. The number of carbonyl (C=O) groups excluding carboxylic acids is 1. The number of piperidine rings is 1. The van der Waals surface area contributed by atoms with Crippen molar-refractivity contribution in [1.82, 2.24) is 20.4 Å². The maximum absolute atomic E-state index is 13.0. The van der Waals surface area contributed by atoms with Crippen LogP contribution in [-0.2, 0) is 10.3 Å². The first kappa shape index (κ1) is 18.3. The standard InChI is InChI=1S/C17H28N4O.ClH/c1-16(2)6-4-14(5-7-16)20-15(22)17(8-11-18-12-9-17)21-13-3-10-19-21;/h3,10,13-14,18H,4-9,11-12H2,1-2H3,(H,20,22);1H. The van der Waals surface area contributed by atoms with E-state index < -0.39 is 5.54 Å². The molecule has 1 aliphatic heterocycles. The minimum atomic E-state index is -0.512. The third kappa shape index (κ3) is 3.89. The Morgan fingerprint density at radius 1 is 1.22 bits per heavy atom. The van der Waals surface area contributed by atoms with Gasteiger partial charge in [-0.25, -0.2) is 0 Å². The monoisotopic (exact) mass is 340 g/mol. The lowest BCUT2D eigenvalue weighted by Crippen LogP contribution is -2.56. The summed E-state index contributed by atoms with van der Waals surface area (Å²) in [5.74, 6) is 0.155. The number of amides is 1. The van der Waals surface area contributed by atoms with Gasteiger partial charge in [0.25, 0.3) is 0 Å². The predicted molar refractivity (Wildman–Crippen MR) is 93.7 cm³/mol. The molecule has 5 nitrogen and oxygen atoms in total. The summed E-state index contributed by atoms with van der Waals surface area (Å²) in [6, 6.07) is 2.23. The van der Waals surface area contributed by atoms with Crippen molar-refractivity contribution in [1.29, 1.82) is 0 Å². The van der Waals surface area contributed by atoms with Gasteiger partial charge in [-0.2, -0.15) is 5.10 Å². The van der Waals surface area contributed by atoms with Crippen LogP contribution in [0.5, 0.6) is 0 Å². The molecule has 2 fully saturated rings. The molecule has 23 heavy (non-hydrogen) atoms. The van der Waals surface area contributed by atoms with E-state index in [0.717, 1.165) is 38.8 Å². The molecule has 1 saturated carbocycles. The number of rotatable bonds is 3. The van der Waals surface area contributed by atoms with Crippen LogP contribution in [0, 0.1) is 5.41 Å². The van der Waals surface area contributed by atoms with Crippen LogP contribution in [0.15, 0.2) is 18.5 Å². The third-order valence-electron chi connectivity index (χ3n) is 5.47. The smallest absolute Gasteiger partial charge is 0.248 e. The van der Waals surface area contributed by atoms with Crippen molar-refractivity contribution in [2.24, 2.45) is 5.41 Å². The molecule has 1 saturated heterocycles. The number of halogens is 1. The number of hydrogen-bond acceptors (Lipinski definition) is 3. The van der Waals surface area contributed by atoms with Crippen molar-refractivity contribution in [2.45, 2.75) is 64.0 Å².